The summed E-state index contributed by atoms with van der Waals surface area (Å²) in [4.78, 5) is 10.5. The van der Waals surface area contributed by atoms with Gasteiger partial charge in [0.15, 0.2) is 11.2 Å². The molecule has 1 unspecified atom stereocenters. The number of nitrogens with zero attached hydrogens (tertiary/aromatic N) is 3. The summed E-state index contributed by atoms with van der Waals surface area (Å²) in [7, 11) is 3.74. The van der Waals surface area contributed by atoms with E-state index in [9.17, 15) is 4.79 Å². The highest BCUT2D eigenvalue weighted by Crippen LogP contribution is 1.98. The van der Waals surface area contributed by atoms with Crippen LogP contribution < -0.4 is 0 Å². The van der Waals surface area contributed by atoms with Crippen molar-refractivity contribution in [1.82, 2.24) is 15.0 Å². The zero-order valence-electron chi connectivity index (χ0n) is 6.90. The smallest absolute Gasteiger partial charge is 0.199 e. The number of rotatable bonds is 1. The van der Waals surface area contributed by atoms with Crippen LogP contribution in [0.2, 0.25) is 0 Å². The summed E-state index contributed by atoms with van der Waals surface area (Å²) in [6, 6.07) is 0. The molecule has 11 heavy (non-hydrogen) atoms. The number of aryl methyl sites for hydroxylation is 1. The Morgan fingerprint density at radius 1 is 1.64 bits per heavy atom. The maximum absolute atomic E-state index is 10.5. The second-order valence-corrected chi connectivity index (χ2v) is 2.17. The Morgan fingerprint density at radius 2 is 2.18 bits per heavy atom. The zero-order chi connectivity index (χ0) is 8.85. The van der Waals surface area contributed by atoms with Gasteiger partial charge in [-0.3, -0.25) is 9.48 Å². The normalized spacial score (nSPS) is 8.36. The van der Waals surface area contributed by atoms with Crippen molar-refractivity contribution in [2.45, 2.75) is 13.8 Å². The van der Waals surface area contributed by atoms with Gasteiger partial charge in [0.2, 0.25) is 0 Å². The predicted molar refractivity (Wildman–Crippen MR) is 46.4 cm³/mol. The molecule has 0 spiro atoms. The number of carbonyl (C=O) groups is 1. The van der Waals surface area contributed by atoms with Gasteiger partial charge in [0.1, 0.15) is 0 Å². The highest BCUT2D eigenvalue weighted by atomic mass is 31.0. The Labute approximate surface area is 68.2 Å². The molecule has 5 heteroatoms. The van der Waals surface area contributed by atoms with Crippen LogP contribution in [0.15, 0.2) is 6.20 Å². The Kier molecular flexibility index (Phi) is 4.62. The summed E-state index contributed by atoms with van der Waals surface area (Å²) in [5, 5.41) is 7.13. The molecule has 0 saturated heterocycles. The van der Waals surface area contributed by atoms with Gasteiger partial charge in [-0.2, -0.15) is 0 Å². The van der Waals surface area contributed by atoms with Gasteiger partial charge in [0.05, 0.1) is 6.20 Å². The van der Waals surface area contributed by atoms with E-state index in [1.165, 1.54) is 4.68 Å². The summed E-state index contributed by atoms with van der Waals surface area (Å²) in [5.41, 5.74) is 0.241. The Bertz CT molecular complexity index is 233. The third-order valence-corrected chi connectivity index (χ3v) is 1.15. The molecule has 1 atom stereocenters. The second kappa shape index (κ2) is 4.97. The molecule has 62 valence electrons. The first-order valence-corrected chi connectivity index (χ1v) is 3.94. The summed E-state index contributed by atoms with van der Waals surface area (Å²) in [6.07, 6.45) is 1.56. The summed E-state index contributed by atoms with van der Waals surface area (Å²) < 4.78 is 1.48. The van der Waals surface area contributed by atoms with Crippen LogP contribution >= 0.6 is 9.24 Å². The summed E-state index contributed by atoms with van der Waals surface area (Å²) in [6.45, 7) is 4.00. The van der Waals surface area contributed by atoms with Crippen molar-refractivity contribution in [2.75, 3.05) is 0 Å². The van der Waals surface area contributed by atoms with E-state index >= 15 is 0 Å². The molecule has 1 aromatic rings. The molecule has 0 radical (unpaired) electrons. The molecule has 0 bridgehead atoms. The molecule has 0 aliphatic heterocycles. The number of hydrogen-bond acceptors (Lipinski definition) is 3. The molecule has 1 heterocycles. The van der Waals surface area contributed by atoms with Crippen LogP contribution in [0.5, 0.6) is 0 Å². The van der Waals surface area contributed by atoms with Gasteiger partial charge >= 0.3 is 0 Å². The Balaban J connectivity index is 0.000000461. The zero-order valence-corrected chi connectivity index (χ0v) is 8.06. The number of aromatic nitrogens is 3. The fourth-order valence-corrected chi connectivity index (χ4v) is 0.593. The molecule has 0 aliphatic carbocycles. The lowest BCUT2D eigenvalue weighted by molar-refractivity contribution is 0.108. The van der Waals surface area contributed by atoms with Crippen molar-refractivity contribution in [3.63, 3.8) is 0 Å². The molecule has 0 amide bonds. The molecule has 0 aliphatic rings. The molecular formula is C6H12N3OP. The van der Waals surface area contributed by atoms with E-state index < -0.39 is 0 Å². The van der Waals surface area contributed by atoms with Crippen LogP contribution in [0, 0.1) is 0 Å². The van der Waals surface area contributed by atoms with Gasteiger partial charge in [-0.25, -0.2) is 0 Å². The van der Waals surface area contributed by atoms with E-state index in [2.05, 4.69) is 10.3 Å². The minimum atomic E-state index is -0.136. The fraction of sp³-hybridized carbons (Fsp3) is 0.500. The maximum atomic E-state index is 10.5. The number of hydrogen-bond donors (Lipinski definition) is 0. The van der Waals surface area contributed by atoms with Crippen LogP contribution in [0.3, 0.4) is 0 Å². The van der Waals surface area contributed by atoms with E-state index in [4.69, 9.17) is 0 Å². The first kappa shape index (κ1) is 10.2. The molecular weight excluding hydrogens is 161 g/mol. The lowest BCUT2D eigenvalue weighted by atomic mass is 10.5. The van der Waals surface area contributed by atoms with Crippen molar-refractivity contribution in [2.24, 2.45) is 7.05 Å². The molecule has 1 aromatic heterocycles. The largest absolute Gasteiger partial charge is 0.288 e. The highest BCUT2D eigenvalue weighted by molar-refractivity contribution is 7.41. The van der Waals surface area contributed by atoms with Crippen LogP contribution in [-0.4, -0.2) is 20.5 Å². The van der Waals surface area contributed by atoms with Crippen LogP contribution in [-0.2, 0) is 7.05 Å². The first-order chi connectivity index (χ1) is 5.20. The van der Waals surface area contributed by atoms with Gasteiger partial charge < -0.3 is 0 Å². The number of carbonyl (C=O) groups excluding carboxylic acids is 1. The van der Waals surface area contributed by atoms with Gasteiger partial charge in [-0.05, 0) is 0 Å². The van der Waals surface area contributed by atoms with E-state index in [1.54, 1.807) is 13.2 Å². The van der Waals surface area contributed by atoms with Crippen molar-refractivity contribution in [1.29, 1.82) is 0 Å². The predicted octanol–water partition coefficient (Wildman–Crippen LogP) is 0.857. The Morgan fingerprint density at radius 3 is 2.36 bits per heavy atom. The molecule has 0 N–H and O–H groups in total. The highest BCUT2D eigenvalue weighted by Gasteiger charge is 2.01. The quantitative estimate of drug-likeness (QED) is 0.591. The van der Waals surface area contributed by atoms with Crippen molar-refractivity contribution < 1.29 is 4.79 Å². The average Bonchev–Trinajstić information content (AvgIpc) is 2.40. The van der Waals surface area contributed by atoms with Crippen LogP contribution in [0.25, 0.3) is 0 Å². The van der Waals surface area contributed by atoms with E-state index in [0.717, 1.165) is 0 Å². The topological polar surface area (TPSA) is 47.8 Å². The van der Waals surface area contributed by atoms with E-state index in [-0.39, 0.29) is 5.52 Å². The molecule has 4 nitrogen and oxygen atoms in total. The minimum absolute atomic E-state index is 0.136. The monoisotopic (exact) mass is 173 g/mol. The van der Waals surface area contributed by atoms with Crippen molar-refractivity contribution in [3.8, 4) is 0 Å². The standard InChI is InChI=1S/C4H6N3OP.C2H6/c1-7-2-3(4(8)9)5-6-7;1-2/h2H,9H2,1H3;1-2H3. The molecule has 0 aromatic carbocycles. The van der Waals surface area contributed by atoms with E-state index in [0.29, 0.717) is 5.69 Å². The third kappa shape index (κ3) is 3.23. The van der Waals surface area contributed by atoms with Crippen molar-refractivity contribution >= 4 is 14.8 Å². The van der Waals surface area contributed by atoms with Gasteiger partial charge in [0, 0.05) is 7.05 Å². The SMILES string of the molecule is CC.Cn1cc(C(=O)P)nn1. The maximum Gasteiger partial charge on any atom is 0.199 e. The third-order valence-electron chi connectivity index (χ3n) is 0.855. The second-order valence-electron chi connectivity index (χ2n) is 1.64. The van der Waals surface area contributed by atoms with Gasteiger partial charge in [0.25, 0.3) is 0 Å². The van der Waals surface area contributed by atoms with Crippen LogP contribution in [0.1, 0.15) is 24.3 Å². The van der Waals surface area contributed by atoms with Gasteiger partial charge in [-0.15, -0.1) is 5.10 Å². The fourth-order valence-electron chi connectivity index (χ4n) is 0.460. The summed E-state index contributed by atoms with van der Waals surface area (Å²) >= 11 is 0. The molecule has 0 fully saturated rings. The van der Waals surface area contributed by atoms with Crippen LogP contribution in [0.4, 0.5) is 0 Å². The van der Waals surface area contributed by atoms with Crippen molar-refractivity contribution in [3.05, 3.63) is 11.9 Å². The van der Waals surface area contributed by atoms with Gasteiger partial charge in [-0.1, -0.05) is 28.3 Å². The minimum Gasteiger partial charge on any atom is -0.288 e. The lowest BCUT2D eigenvalue weighted by Gasteiger charge is -1.78. The summed E-state index contributed by atoms with van der Waals surface area (Å²) in [5.74, 6) is 0. The first-order valence-electron chi connectivity index (χ1n) is 3.36. The lowest BCUT2D eigenvalue weighted by Crippen LogP contribution is -1.85. The van der Waals surface area contributed by atoms with E-state index in [1.807, 2.05) is 23.1 Å². The Hall–Kier alpha value is -0.760. The molecule has 0 saturated carbocycles. The average molecular weight is 173 g/mol. The molecule has 1 rings (SSSR count).